The third-order valence-corrected chi connectivity index (χ3v) is 6.19. The van der Waals surface area contributed by atoms with E-state index in [0.29, 0.717) is 5.92 Å². The van der Waals surface area contributed by atoms with Gasteiger partial charge >= 0.3 is 5.97 Å². The Balaban J connectivity index is 1.70. The van der Waals surface area contributed by atoms with Crippen LogP contribution in [0, 0.1) is 0 Å². The maximum atomic E-state index is 13.1. The van der Waals surface area contributed by atoms with Crippen LogP contribution in [0.1, 0.15) is 47.3 Å². The van der Waals surface area contributed by atoms with Crippen LogP contribution in [-0.4, -0.2) is 28.1 Å². The van der Waals surface area contributed by atoms with E-state index in [1.54, 1.807) is 4.68 Å². The number of hydrogen-bond acceptors (Lipinski definition) is 5. The number of carbonyl (C=O) groups excluding carboxylic acids is 1. The molecule has 0 radical (unpaired) electrons. The molecule has 0 aliphatic heterocycles. The number of methoxy groups -OCH3 is 1. The molecule has 5 rings (SSSR count). The highest BCUT2D eigenvalue weighted by Crippen LogP contribution is 2.40. The molecule has 1 saturated carbocycles. The van der Waals surface area contributed by atoms with E-state index in [2.05, 4.69) is 52.0 Å². The Kier molecular flexibility index (Phi) is 5.75. The number of esters is 1. The average molecular weight is 439 g/mol. The molecule has 1 heterocycles. The highest BCUT2D eigenvalue weighted by atomic mass is 16.5. The van der Waals surface area contributed by atoms with E-state index in [0.717, 1.165) is 35.2 Å². The van der Waals surface area contributed by atoms with Crippen molar-refractivity contribution in [3.05, 3.63) is 120 Å². The summed E-state index contributed by atoms with van der Waals surface area (Å²) < 4.78 is 6.80. The number of hydrogen-bond donors (Lipinski definition) is 1. The first-order chi connectivity index (χ1) is 16.2. The van der Waals surface area contributed by atoms with Gasteiger partial charge < -0.3 is 4.74 Å². The SMILES string of the molecule is COC(=O)[C@@H](NC(c1ccccc1)(c1ccccc1)c1ccccc1)n1cc(C2CC2)nn1. The summed E-state index contributed by atoms with van der Waals surface area (Å²) in [5.41, 5.74) is 3.07. The largest absolute Gasteiger partial charge is 0.466 e. The summed E-state index contributed by atoms with van der Waals surface area (Å²) in [6.07, 6.45) is 3.20. The first-order valence-electron chi connectivity index (χ1n) is 11.2. The van der Waals surface area contributed by atoms with Gasteiger partial charge in [0.25, 0.3) is 0 Å². The molecule has 33 heavy (non-hydrogen) atoms. The van der Waals surface area contributed by atoms with Gasteiger partial charge in [0.05, 0.1) is 24.5 Å². The molecule has 0 amide bonds. The summed E-state index contributed by atoms with van der Waals surface area (Å²) in [6, 6.07) is 30.4. The van der Waals surface area contributed by atoms with Crippen molar-refractivity contribution in [2.75, 3.05) is 7.11 Å². The minimum atomic E-state index is -0.879. The Bertz CT molecular complexity index is 1110. The van der Waals surface area contributed by atoms with Crippen molar-refractivity contribution in [2.45, 2.75) is 30.5 Å². The van der Waals surface area contributed by atoms with Crippen LogP contribution in [0.15, 0.2) is 97.2 Å². The summed E-state index contributed by atoms with van der Waals surface area (Å²) >= 11 is 0. The predicted molar refractivity (Wildman–Crippen MR) is 125 cm³/mol. The van der Waals surface area contributed by atoms with Crippen LogP contribution in [0.2, 0.25) is 0 Å². The third kappa shape index (κ3) is 4.05. The predicted octanol–water partition coefficient (Wildman–Crippen LogP) is 4.41. The van der Waals surface area contributed by atoms with Crippen molar-refractivity contribution >= 4 is 5.97 Å². The number of benzene rings is 3. The third-order valence-electron chi connectivity index (χ3n) is 6.19. The highest BCUT2D eigenvalue weighted by Gasteiger charge is 2.41. The van der Waals surface area contributed by atoms with Gasteiger partial charge in [0.1, 0.15) is 0 Å². The molecule has 1 aliphatic carbocycles. The minimum absolute atomic E-state index is 0.430. The van der Waals surface area contributed by atoms with Gasteiger partial charge in [0.2, 0.25) is 6.17 Å². The number of ether oxygens (including phenoxy) is 1. The van der Waals surface area contributed by atoms with Gasteiger partial charge in [0.15, 0.2) is 0 Å². The zero-order valence-electron chi connectivity index (χ0n) is 18.5. The van der Waals surface area contributed by atoms with Crippen molar-refractivity contribution in [1.82, 2.24) is 20.3 Å². The molecule has 3 aromatic carbocycles. The van der Waals surface area contributed by atoms with Crippen LogP contribution in [0.3, 0.4) is 0 Å². The van der Waals surface area contributed by atoms with E-state index in [9.17, 15) is 4.79 Å². The van der Waals surface area contributed by atoms with Gasteiger partial charge in [-0.15, -0.1) is 5.10 Å². The Labute approximate surface area is 193 Å². The van der Waals surface area contributed by atoms with Gasteiger partial charge in [-0.1, -0.05) is 96.2 Å². The second-order valence-electron chi connectivity index (χ2n) is 8.32. The first-order valence-corrected chi connectivity index (χ1v) is 11.2. The molecule has 4 aromatic rings. The van der Waals surface area contributed by atoms with Crippen molar-refractivity contribution in [1.29, 1.82) is 0 Å². The summed E-state index contributed by atoms with van der Waals surface area (Å²) in [5.74, 6) is -0.00594. The fourth-order valence-electron chi connectivity index (χ4n) is 4.35. The lowest BCUT2D eigenvalue weighted by molar-refractivity contribution is -0.146. The maximum absolute atomic E-state index is 13.1. The Morgan fingerprint density at radius 1 is 0.909 bits per heavy atom. The lowest BCUT2D eigenvalue weighted by Crippen LogP contribution is -2.50. The van der Waals surface area contributed by atoms with E-state index in [1.165, 1.54) is 7.11 Å². The molecule has 0 saturated heterocycles. The fraction of sp³-hybridized carbons (Fsp3) is 0.222. The van der Waals surface area contributed by atoms with Crippen molar-refractivity contribution in [2.24, 2.45) is 0 Å². The summed E-state index contributed by atoms with van der Waals surface area (Å²) in [7, 11) is 1.39. The molecule has 6 nitrogen and oxygen atoms in total. The molecule has 1 N–H and O–H groups in total. The van der Waals surface area contributed by atoms with Crippen LogP contribution in [-0.2, 0) is 15.1 Å². The second-order valence-corrected chi connectivity index (χ2v) is 8.32. The van der Waals surface area contributed by atoms with Gasteiger partial charge in [0, 0.05) is 5.92 Å². The lowest BCUT2D eigenvalue weighted by atomic mass is 9.76. The molecule has 0 spiro atoms. The van der Waals surface area contributed by atoms with Crippen LogP contribution >= 0.6 is 0 Å². The number of nitrogens with one attached hydrogen (secondary N) is 1. The summed E-state index contributed by atoms with van der Waals surface area (Å²) in [5, 5.41) is 12.3. The summed E-state index contributed by atoms with van der Waals surface area (Å²) in [4.78, 5) is 13.1. The van der Waals surface area contributed by atoms with Crippen molar-refractivity contribution in [3.63, 3.8) is 0 Å². The molecule has 1 fully saturated rings. The number of carbonyl (C=O) groups is 1. The smallest absolute Gasteiger partial charge is 0.345 e. The number of nitrogens with zero attached hydrogens (tertiary/aromatic N) is 3. The lowest BCUT2D eigenvalue weighted by Gasteiger charge is -2.39. The average Bonchev–Trinajstić information content (AvgIpc) is 3.63. The second kappa shape index (κ2) is 9.00. The Hall–Kier alpha value is -3.77. The van der Waals surface area contributed by atoms with E-state index < -0.39 is 17.7 Å². The molecule has 1 aromatic heterocycles. The molecule has 6 heteroatoms. The standard InChI is InChI=1S/C27H26N4O2/c1-33-26(32)25(31-19-24(29-30-31)20-17-18-20)28-27(21-11-5-2-6-12-21,22-13-7-3-8-14-22)23-15-9-4-10-16-23/h2-16,19-20,25,28H,17-18H2,1H3/t25-/m0/s1. The number of rotatable bonds is 8. The monoisotopic (exact) mass is 438 g/mol. The van der Waals surface area contributed by atoms with E-state index >= 15 is 0 Å². The quantitative estimate of drug-likeness (QED) is 0.326. The molecular weight excluding hydrogens is 412 g/mol. The first kappa shape index (κ1) is 21.1. The molecule has 1 aliphatic rings. The topological polar surface area (TPSA) is 69.0 Å². The van der Waals surface area contributed by atoms with Gasteiger partial charge in [-0.2, -0.15) is 0 Å². The summed E-state index contributed by atoms with van der Waals surface area (Å²) in [6.45, 7) is 0. The zero-order valence-corrected chi connectivity index (χ0v) is 18.5. The van der Waals surface area contributed by atoms with Crippen LogP contribution in [0.4, 0.5) is 0 Å². The van der Waals surface area contributed by atoms with E-state index in [-0.39, 0.29) is 0 Å². The minimum Gasteiger partial charge on any atom is -0.466 e. The molecule has 1 atom stereocenters. The van der Waals surface area contributed by atoms with E-state index in [4.69, 9.17) is 4.74 Å². The Morgan fingerprint density at radius 2 is 1.39 bits per heavy atom. The fourth-order valence-corrected chi connectivity index (χ4v) is 4.35. The van der Waals surface area contributed by atoms with Crippen LogP contribution < -0.4 is 5.32 Å². The molecular formula is C27H26N4O2. The van der Waals surface area contributed by atoms with Gasteiger partial charge in [-0.3, -0.25) is 5.32 Å². The van der Waals surface area contributed by atoms with Crippen LogP contribution in [0.25, 0.3) is 0 Å². The van der Waals surface area contributed by atoms with Gasteiger partial charge in [-0.25, -0.2) is 9.48 Å². The molecule has 0 unspecified atom stereocenters. The van der Waals surface area contributed by atoms with Gasteiger partial charge in [-0.05, 0) is 29.5 Å². The number of aromatic nitrogens is 3. The normalized spacial score (nSPS) is 14.6. The van der Waals surface area contributed by atoms with Crippen molar-refractivity contribution < 1.29 is 9.53 Å². The maximum Gasteiger partial charge on any atom is 0.345 e. The van der Waals surface area contributed by atoms with E-state index in [1.807, 2.05) is 60.8 Å². The van der Waals surface area contributed by atoms with Crippen LogP contribution in [0.5, 0.6) is 0 Å². The molecule has 166 valence electrons. The van der Waals surface area contributed by atoms with Crippen molar-refractivity contribution in [3.8, 4) is 0 Å². The highest BCUT2D eigenvalue weighted by molar-refractivity contribution is 5.74. The zero-order chi connectivity index (χ0) is 22.7. The Morgan fingerprint density at radius 3 is 1.82 bits per heavy atom. The molecule has 0 bridgehead atoms.